The summed E-state index contributed by atoms with van der Waals surface area (Å²) < 4.78 is 0. The molecule has 2 atom stereocenters. The predicted octanol–water partition coefficient (Wildman–Crippen LogP) is 1.49. The van der Waals surface area contributed by atoms with Crippen molar-refractivity contribution >= 4 is 17.7 Å². The van der Waals surface area contributed by atoms with Gasteiger partial charge in [0, 0.05) is 18.3 Å². The Morgan fingerprint density at radius 2 is 2.19 bits per heavy atom. The number of hydrogen-bond acceptors (Lipinski definition) is 3. The molecule has 1 aliphatic rings. The van der Waals surface area contributed by atoms with Crippen LogP contribution in [0.15, 0.2) is 0 Å². The zero-order chi connectivity index (χ0) is 12.2. The van der Waals surface area contributed by atoms with E-state index in [4.69, 9.17) is 0 Å². The van der Waals surface area contributed by atoms with Crippen LogP contribution < -0.4 is 10.6 Å². The van der Waals surface area contributed by atoms with E-state index in [9.17, 15) is 4.79 Å². The minimum atomic E-state index is -0.188. The SMILES string of the molecule is CSCC(C)NC(=O)C1(C(C)C)CCNC1. The summed E-state index contributed by atoms with van der Waals surface area (Å²) in [6.07, 6.45) is 3.03. The monoisotopic (exact) mass is 244 g/mol. The molecular weight excluding hydrogens is 220 g/mol. The van der Waals surface area contributed by atoms with Crippen LogP contribution in [0.1, 0.15) is 27.2 Å². The van der Waals surface area contributed by atoms with E-state index in [1.807, 2.05) is 0 Å². The van der Waals surface area contributed by atoms with Crippen molar-refractivity contribution < 1.29 is 4.79 Å². The summed E-state index contributed by atoms with van der Waals surface area (Å²) in [6, 6.07) is 0.263. The minimum absolute atomic E-state index is 0.188. The van der Waals surface area contributed by atoms with Crippen molar-refractivity contribution in [1.29, 1.82) is 0 Å². The van der Waals surface area contributed by atoms with Gasteiger partial charge in [-0.25, -0.2) is 0 Å². The Morgan fingerprint density at radius 1 is 1.50 bits per heavy atom. The molecule has 0 aliphatic carbocycles. The van der Waals surface area contributed by atoms with Gasteiger partial charge >= 0.3 is 0 Å². The zero-order valence-electron chi connectivity index (χ0n) is 10.8. The standard InChI is InChI=1S/C12H24N2OS/c1-9(2)12(5-6-13-8-12)11(15)14-10(3)7-16-4/h9-10,13H,5-8H2,1-4H3,(H,14,15). The van der Waals surface area contributed by atoms with Crippen LogP contribution in [0.5, 0.6) is 0 Å². The lowest BCUT2D eigenvalue weighted by Gasteiger charge is -2.32. The second-order valence-electron chi connectivity index (χ2n) is 5.07. The fraction of sp³-hybridized carbons (Fsp3) is 0.917. The Labute approximate surface area is 103 Å². The Kier molecular flexibility index (Phi) is 5.12. The molecule has 4 heteroatoms. The van der Waals surface area contributed by atoms with Gasteiger partial charge in [0.05, 0.1) is 5.41 Å². The summed E-state index contributed by atoms with van der Waals surface area (Å²) in [5, 5.41) is 6.46. The molecule has 0 saturated carbocycles. The van der Waals surface area contributed by atoms with Gasteiger partial charge in [-0.15, -0.1) is 0 Å². The van der Waals surface area contributed by atoms with Crippen LogP contribution in [0, 0.1) is 11.3 Å². The van der Waals surface area contributed by atoms with Crippen molar-refractivity contribution in [2.24, 2.45) is 11.3 Å². The smallest absolute Gasteiger partial charge is 0.228 e. The van der Waals surface area contributed by atoms with Gasteiger partial charge in [0.1, 0.15) is 0 Å². The Bertz CT molecular complexity index is 237. The highest BCUT2D eigenvalue weighted by Crippen LogP contribution is 2.34. The number of thioether (sulfide) groups is 1. The molecule has 16 heavy (non-hydrogen) atoms. The van der Waals surface area contributed by atoms with Gasteiger partial charge in [-0.1, -0.05) is 13.8 Å². The minimum Gasteiger partial charge on any atom is -0.352 e. The van der Waals surface area contributed by atoms with Gasteiger partial charge in [-0.3, -0.25) is 4.79 Å². The number of amides is 1. The third kappa shape index (κ3) is 2.92. The molecular formula is C12H24N2OS. The molecule has 0 aromatic carbocycles. The maximum Gasteiger partial charge on any atom is 0.228 e. The molecule has 0 spiro atoms. The molecule has 0 aromatic heterocycles. The Hall–Kier alpha value is -0.220. The van der Waals surface area contributed by atoms with E-state index in [0.717, 1.165) is 25.3 Å². The van der Waals surface area contributed by atoms with E-state index in [2.05, 4.69) is 37.7 Å². The first-order chi connectivity index (χ1) is 7.53. The Balaban J connectivity index is 2.62. The van der Waals surface area contributed by atoms with Crippen molar-refractivity contribution in [1.82, 2.24) is 10.6 Å². The average molecular weight is 244 g/mol. The quantitative estimate of drug-likeness (QED) is 0.770. The zero-order valence-corrected chi connectivity index (χ0v) is 11.6. The highest BCUT2D eigenvalue weighted by molar-refractivity contribution is 7.98. The first-order valence-electron chi connectivity index (χ1n) is 6.03. The van der Waals surface area contributed by atoms with Crippen molar-refractivity contribution in [2.75, 3.05) is 25.1 Å². The van der Waals surface area contributed by atoms with Gasteiger partial charge < -0.3 is 10.6 Å². The first kappa shape index (κ1) is 13.8. The van der Waals surface area contributed by atoms with E-state index in [1.54, 1.807) is 11.8 Å². The number of rotatable bonds is 5. The van der Waals surface area contributed by atoms with Crippen LogP contribution in [-0.4, -0.2) is 37.0 Å². The molecule has 1 fully saturated rings. The molecule has 1 rings (SSSR count). The van der Waals surface area contributed by atoms with E-state index in [-0.39, 0.29) is 17.4 Å². The van der Waals surface area contributed by atoms with Crippen molar-refractivity contribution in [3.8, 4) is 0 Å². The lowest BCUT2D eigenvalue weighted by atomic mass is 9.75. The molecule has 94 valence electrons. The lowest BCUT2D eigenvalue weighted by Crippen LogP contribution is -2.49. The third-order valence-corrected chi connectivity index (χ3v) is 4.37. The van der Waals surface area contributed by atoms with Crippen LogP contribution >= 0.6 is 11.8 Å². The van der Waals surface area contributed by atoms with Gasteiger partial charge in [0.2, 0.25) is 5.91 Å². The van der Waals surface area contributed by atoms with E-state index >= 15 is 0 Å². The van der Waals surface area contributed by atoms with Crippen LogP contribution in [0.25, 0.3) is 0 Å². The lowest BCUT2D eigenvalue weighted by molar-refractivity contribution is -0.132. The molecule has 0 radical (unpaired) electrons. The molecule has 1 aliphatic heterocycles. The van der Waals surface area contributed by atoms with Gasteiger partial charge in [0.15, 0.2) is 0 Å². The summed E-state index contributed by atoms with van der Waals surface area (Å²) in [5.41, 5.74) is -0.188. The van der Waals surface area contributed by atoms with E-state index in [1.165, 1.54) is 0 Å². The molecule has 2 N–H and O–H groups in total. The molecule has 0 bridgehead atoms. The van der Waals surface area contributed by atoms with Crippen LogP contribution in [0.3, 0.4) is 0 Å². The van der Waals surface area contributed by atoms with Gasteiger partial charge in [-0.05, 0) is 32.1 Å². The Morgan fingerprint density at radius 3 is 2.62 bits per heavy atom. The predicted molar refractivity (Wildman–Crippen MR) is 70.7 cm³/mol. The normalized spacial score (nSPS) is 27.1. The van der Waals surface area contributed by atoms with Crippen LogP contribution in [0.2, 0.25) is 0 Å². The fourth-order valence-corrected chi connectivity index (χ4v) is 2.90. The van der Waals surface area contributed by atoms with Crippen molar-refractivity contribution in [3.63, 3.8) is 0 Å². The summed E-state index contributed by atoms with van der Waals surface area (Å²) in [7, 11) is 0. The summed E-state index contributed by atoms with van der Waals surface area (Å²) in [6.45, 7) is 8.15. The average Bonchev–Trinajstić information content (AvgIpc) is 2.67. The van der Waals surface area contributed by atoms with Crippen molar-refractivity contribution in [3.05, 3.63) is 0 Å². The topological polar surface area (TPSA) is 41.1 Å². The molecule has 2 unspecified atom stereocenters. The highest BCUT2D eigenvalue weighted by atomic mass is 32.2. The molecule has 0 aromatic rings. The van der Waals surface area contributed by atoms with Gasteiger partial charge in [0.25, 0.3) is 0 Å². The number of carbonyl (C=O) groups is 1. The molecule has 1 saturated heterocycles. The molecule has 1 heterocycles. The fourth-order valence-electron chi connectivity index (χ4n) is 2.32. The highest BCUT2D eigenvalue weighted by Gasteiger charge is 2.43. The maximum atomic E-state index is 12.3. The van der Waals surface area contributed by atoms with Crippen LogP contribution in [-0.2, 0) is 4.79 Å². The third-order valence-electron chi connectivity index (χ3n) is 3.54. The molecule has 1 amide bonds. The summed E-state index contributed by atoms with van der Waals surface area (Å²) in [5.74, 6) is 1.60. The molecule has 3 nitrogen and oxygen atoms in total. The number of carbonyl (C=O) groups excluding carboxylic acids is 1. The van der Waals surface area contributed by atoms with Crippen molar-refractivity contribution in [2.45, 2.75) is 33.2 Å². The summed E-state index contributed by atoms with van der Waals surface area (Å²) in [4.78, 5) is 12.3. The van der Waals surface area contributed by atoms with Crippen LogP contribution in [0.4, 0.5) is 0 Å². The first-order valence-corrected chi connectivity index (χ1v) is 7.43. The second kappa shape index (κ2) is 5.92. The number of hydrogen-bond donors (Lipinski definition) is 2. The number of nitrogens with one attached hydrogen (secondary N) is 2. The largest absolute Gasteiger partial charge is 0.352 e. The second-order valence-corrected chi connectivity index (χ2v) is 5.98. The van der Waals surface area contributed by atoms with E-state index in [0.29, 0.717) is 5.92 Å². The maximum absolute atomic E-state index is 12.3. The van der Waals surface area contributed by atoms with E-state index < -0.39 is 0 Å². The van der Waals surface area contributed by atoms with Gasteiger partial charge in [-0.2, -0.15) is 11.8 Å². The summed E-state index contributed by atoms with van der Waals surface area (Å²) >= 11 is 1.77.